The lowest BCUT2D eigenvalue weighted by molar-refractivity contribution is -0.141. The molecule has 1 aliphatic heterocycles. The molecule has 79 heavy (non-hydrogen) atoms. The number of nitrogens with two attached hydrogens (primary N) is 1. The van der Waals surface area contributed by atoms with Crippen LogP contribution in [0.5, 0.6) is 0 Å². The molecule has 0 spiro atoms. The van der Waals surface area contributed by atoms with Gasteiger partial charge >= 0.3 is 0 Å². The summed E-state index contributed by atoms with van der Waals surface area (Å²) in [6.45, 7) is 15.3. The minimum atomic E-state index is -4.27. The number of likely N-dealkylation sites (N-methyl/N-ethyl adjacent to an activating group) is 2. The molecule has 8 amide bonds. The summed E-state index contributed by atoms with van der Waals surface area (Å²) < 4.78 is 29.0. The molecule has 19 nitrogen and oxygen atoms in total. The van der Waals surface area contributed by atoms with Gasteiger partial charge in [0.15, 0.2) is 0 Å². The number of benzene rings is 3. The molecular formula is C59H83N9O10S. The summed E-state index contributed by atoms with van der Waals surface area (Å²) in [6, 6.07) is 20.3. The number of carbonyl (C=O) groups excluding carboxylic acids is 8. The average molecular weight is 1110 g/mol. The SMILES string of the molecule is CN[C@H](C(=O)N[C@H](C(=O)N(C)[C@H](/C=C(\C)C(=O)NS(=O)(=O)Cc1ccc(NC(=O)[C@@H](CCCCN)NC(=O)[C@@H](Cc2ccccc2)NC(=O)CCCCCN2C(=O)C=CC2=O)cc1)C(C)C)C(C)(C)C)C(C)(C)c1ccccc1. The van der Waals surface area contributed by atoms with E-state index in [1.807, 2.05) is 109 Å². The van der Waals surface area contributed by atoms with E-state index in [-0.39, 0.29) is 60.9 Å². The summed E-state index contributed by atoms with van der Waals surface area (Å²) in [4.78, 5) is 109. The Kier molecular flexibility index (Phi) is 24.3. The molecule has 20 heteroatoms. The lowest BCUT2D eigenvalue weighted by Gasteiger charge is -2.40. The average Bonchev–Trinajstić information content (AvgIpc) is 3.72. The Labute approximate surface area is 466 Å². The Bertz CT molecular complexity index is 2740. The first-order valence-electron chi connectivity index (χ1n) is 27.0. The fourth-order valence-corrected chi connectivity index (χ4v) is 10.4. The van der Waals surface area contributed by atoms with Gasteiger partial charge in [-0.25, -0.2) is 13.1 Å². The van der Waals surface area contributed by atoms with E-state index in [1.165, 1.54) is 48.2 Å². The number of anilines is 1. The molecule has 1 heterocycles. The Balaban J connectivity index is 1.39. The van der Waals surface area contributed by atoms with Gasteiger partial charge < -0.3 is 37.2 Å². The number of amides is 8. The van der Waals surface area contributed by atoms with E-state index in [0.29, 0.717) is 49.9 Å². The number of imide groups is 1. The van der Waals surface area contributed by atoms with Crippen LogP contribution in [-0.4, -0.2) is 123 Å². The lowest BCUT2D eigenvalue weighted by atomic mass is 9.76. The highest BCUT2D eigenvalue weighted by molar-refractivity contribution is 7.89. The van der Waals surface area contributed by atoms with Crippen LogP contribution in [0.25, 0.3) is 0 Å². The van der Waals surface area contributed by atoms with Crippen molar-refractivity contribution in [3.63, 3.8) is 0 Å². The van der Waals surface area contributed by atoms with Crippen LogP contribution in [0, 0.1) is 11.3 Å². The predicted octanol–water partition coefficient (Wildman–Crippen LogP) is 4.92. The molecule has 430 valence electrons. The number of hydrogen-bond acceptors (Lipinski definition) is 12. The van der Waals surface area contributed by atoms with E-state index in [4.69, 9.17) is 5.73 Å². The van der Waals surface area contributed by atoms with Crippen LogP contribution in [-0.2, 0) is 66.0 Å². The minimum absolute atomic E-state index is 0.0517. The second-order valence-electron chi connectivity index (χ2n) is 22.2. The molecule has 0 saturated carbocycles. The highest BCUT2D eigenvalue weighted by atomic mass is 32.2. The fourth-order valence-electron chi connectivity index (χ4n) is 9.30. The largest absolute Gasteiger partial charge is 0.344 e. The highest BCUT2D eigenvalue weighted by Crippen LogP contribution is 2.29. The number of carbonyl (C=O) groups is 8. The molecule has 0 aromatic heterocycles. The molecule has 0 aliphatic carbocycles. The second kappa shape index (κ2) is 29.8. The van der Waals surface area contributed by atoms with Gasteiger partial charge in [-0.15, -0.1) is 0 Å². The van der Waals surface area contributed by atoms with Crippen LogP contribution in [0.15, 0.2) is 109 Å². The molecule has 0 unspecified atom stereocenters. The molecule has 0 fully saturated rings. The standard InChI is InChI=1S/C59H83N9O10S/c1-39(2)47(67(10)57(76)52(58(4,5)6)65-56(75)51(61-9)59(7,8)43-24-16-12-17-25-43)36-40(3)53(72)66-79(77,78)38-42-28-30-44(31-29-42)62-54(73)45(26-19-20-34-60)64-55(74)46(37-41-22-14-11-15-23-41)63-48(69)27-18-13-21-35-68-49(70)32-33-50(68)71/h11-12,14-17,22-25,28-33,36,39,45-47,51-52,61H,13,18-21,26-27,34-35,37-38,60H2,1-10H3,(H,62,73)(H,63,69)(H,64,74)(H,65,75)(H,66,72)/b40-36+/t45-,46-,47-,51-,52-/m1/s1. The molecule has 3 aromatic rings. The van der Waals surface area contributed by atoms with Crippen molar-refractivity contribution in [2.45, 2.75) is 148 Å². The first-order valence-corrected chi connectivity index (χ1v) is 28.6. The van der Waals surface area contributed by atoms with Crippen LogP contribution in [0.1, 0.15) is 117 Å². The number of unbranched alkanes of at least 4 members (excludes halogenated alkanes) is 3. The van der Waals surface area contributed by atoms with Crippen LogP contribution in [0.3, 0.4) is 0 Å². The van der Waals surface area contributed by atoms with E-state index in [2.05, 4.69) is 31.3 Å². The van der Waals surface area contributed by atoms with Gasteiger partial charge in [-0.2, -0.15) is 0 Å². The maximum absolute atomic E-state index is 14.4. The van der Waals surface area contributed by atoms with E-state index in [9.17, 15) is 46.8 Å². The maximum Gasteiger partial charge on any atom is 0.260 e. The summed E-state index contributed by atoms with van der Waals surface area (Å²) in [6.07, 6.45) is 7.07. The number of nitrogens with one attached hydrogen (secondary N) is 6. The topological polar surface area (TPSA) is 275 Å². The fraction of sp³-hybridized carbons (Fsp3) is 0.492. The van der Waals surface area contributed by atoms with Crippen molar-refractivity contribution in [1.82, 2.24) is 35.8 Å². The Morgan fingerprint density at radius 2 is 1.32 bits per heavy atom. The summed E-state index contributed by atoms with van der Waals surface area (Å²) >= 11 is 0. The van der Waals surface area contributed by atoms with Gasteiger partial charge in [0.2, 0.25) is 39.6 Å². The summed E-state index contributed by atoms with van der Waals surface area (Å²) in [5, 5.41) is 14.6. The van der Waals surface area contributed by atoms with Crippen LogP contribution in [0.4, 0.5) is 5.69 Å². The van der Waals surface area contributed by atoms with Gasteiger partial charge in [0.25, 0.3) is 17.7 Å². The second-order valence-corrected chi connectivity index (χ2v) is 23.9. The Morgan fingerprint density at radius 1 is 0.709 bits per heavy atom. The highest BCUT2D eigenvalue weighted by Gasteiger charge is 2.42. The van der Waals surface area contributed by atoms with Gasteiger partial charge in [0.1, 0.15) is 18.1 Å². The van der Waals surface area contributed by atoms with Gasteiger partial charge in [0, 0.05) is 55.3 Å². The van der Waals surface area contributed by atoms with Gasteiger partial charge in [-0.3, -0.25) is 43.3 Å². The van der Waals surface area contributed by atoms with Crippen LogP contribution >= 0.6 is 0 Å². The van der Waals surface area contributed by atoms with Crippen molar-refractivity contribution in [2.24, 2.45) is 17.1 Å². The zero-order valence-electron chi connectivity index (χ0n) is 47.5. The van der Waals surface area contributed by atoms with E-state index < -0.39 is 80.4 Å². The van der Waals surface area contributed by atoms with Gasteiger partial charge in [0.05, 0.1) is 17.8 Å². The van der Waals surface area contributed by atoms with Crippen molar-refractivity contribution in [1.29, 1.82) is 0 Å². The molecule has 8 N–H and O–H groups in total. The zero-order chi connectivity index (χ0) is 58.7. The normalized spacial score (nSPS) is 14.9. The van der Waals surface area contributed by atoms with Crippen LogP contribution < -0.4 is 37.0 Å². The summed E-state index contributed by atoms with van der Waals surface area (Å²) in [7, 11) is -0.976. The van der Waals surface area contributed by atoms with Gasteiger partial charge in [-0.1, -0.05) is 134 Å². The molecule has 4 rings (SSSR count). The quantitative estimate of drug-likeness (QED) is 0.0266. The molecule has 0 radical (unpaired) electrons. The molecule has 5 atom stereocenters. The number of sulfonamides is 1. The number of rotatable bonds is 30. The van der Waals surface area contributed by atoms with Crippen molar-refractivity contribution in [3.8, 4) is 0 Å². The monoisotopic (exact) mass is 1110 g/mol. The van der Waals surface area contributed by atoms with Gasteiger partial charge in [-0.05, 0) is 92.8 Å². The lowest BCUT2D eigenvalue weighted by Crippen LogP contribution is -2.61. The summed E-state index contributed by atoms with van der Waals surface area (Å²) in [5.74, 6) is -4.68. The minimum Gasteiger partial charge on any atom is -0.344 e. The maximum atomic E-state index is 14.4. The molecule has 0 saturated heterocycles. The molecule has 3 aromatic carbocycles. The van der Waals surface area contributed by atoms with E-state index in [1.54, 1.807) is 20.2 Å². The zero-order valence-corrected chi connectivity index (χ0v) is 48.3. The first-order chi connectivity index (χ1) is 37.2. The third kappa shape index (κ3) is 19.7. The van der Waals surface area contributed by atoms with Crippen molar-refractivity contribution in [3.05, 3.63) is 125 Å². The molecule has 0 bridgehead atoms. The summed E-state index contributed by atoms with van der Waals surface area (Å²) in [5.41, 5.74) is 6.77. The predicted molar refractivity (Wildman–Crippen MR) is 306 cm³/mol. The molecule has 1 aliphatic rings. The third-order valence-corrected chi connectivity index (χ3v) is 15.2. The first kappa shape index (κ1) is 64.5. The van der Waals surface area contributed by atoms with Crippen molar-refractivity contribution >= 4 is 63.0 Å². The third-order valence-electron chi connectivity index (χ3n) is 14.0. The van der Waals surface area contributed by atoms with Crippen LogP contribution in [0.2, 0.25) is 0 Å². The van der Waals surface area contributed by atoms with E-state index in [0.717, 1.165) is 16.0 Å². The number of nitrogens with zero attached hydrogens (tertiary/aromatic N) is 2. The number of hydrogen-bond donors (Lipinski definition) is 7. The Hall–Kier alpha value is -7.03. The molecular weight excluding hydrogens is 1030 g/mol. The Morgan fingerprint density at radius 3 is 1.89 bits per heavy atom. The van der Waals surface area contributed by atoms with E-state index >= 15 is 0 Å². The van der Waals surface area contributed by atoms with Crippen molar-refractivity contribution in [2.75, 3.05) is 32.5 Å². The van der Waals surface area contributed by atoms with Crippen molar-refractivity contribution < 1.29 is 46.8 Å². The smallest absolute Gasteiger partial charge is 0.260 e.